The Morgan fingerprint density at radius 1 is 1.32 bits per heavy atom. The molecule has 8 heteroatoms. The van der Waals surface area contributed by atoms with Gasteiger partial charge in [0.05, 0.1) is 24.8 Å². The SMILES string of the molecule is COc1cc(/C=N/N=C2SCC(=O)N2c2cccc(F)c2)ccc1O. The van der Waals surface area contributed by atoms with Gasteiger partial charge in [-0.25, -0.2) is 4.39 Å². The lowest BCUT2D eigenvalue weighted by atomic mass is 10.2. The first-order valence-electron chi connectivity index (χ1n) is 7.28. The van der Waals surface area contributed by atoms with Crippen molar-refractivity contribution in [2.45, 2.75) is 0 Å². The number of hydrogen-bond donors (Lipinski definition) is 1. The predicted octanol–water partition coefficient (Wildman–Crippen LogP) is 3.01. The van der Waals surface area contributed by atoms with Crippen molar-refractivity contribution >= 4 is 34.7 Å². The van der Waals surface area contributed by atoms with Gasteiger partial charge in [0.2, 0.25) is 5.91 Å². The Labute approximate surface area is 147 Å². The highest BCUT2D eigenvalue weighted by Gasteiger charge is 2.30. The first-order chi connectivity index (χ1) is 12.1. The lowest BCUT2D eigenvalue weighted by Crippen LogP contribution is -2.29. The van der Waals surface area contributed by atoms with Crippen LogP contribution in [0, 0.1) is 5.82 Å². The minimum Gasteiger partial charge on any atom is -0.504 e. The van der Waals surface area contributed by atoms with Crippen LogP contribution < -0.4 is 9.64 Å². The van der Waals surface area contributed by atoms with Gasteiger partial charge >= 0.3 is 0 Å². The van der Waals surface area contributed by atoms with Crippen molar-refractivity contribution in [3.63, 3.8) is 0 Å². The molecule has 1 fully saturated rings. The van der Waals surface area contributed by atoms with Gasteiger partial charge in [-0.3, -0.25) is 9.69 Å². The van der Waals surface area contributed by atoms with Crippen LogP contribution in [0.4, 0.5) is 10.1 Å². The number of phenolic OH excluding ortho intramolecular Hbond substituents is 1. The lowest BCUT2D eigenvalue weighted by molar-refractivity contribution is -0.115. The number of benzene rings is 2. The largest absolute Gasteiger partial charge is 0.504 e. The van der Waals surface area contributed by atoms with Crippen LogP contribution in [0.3, 0.4) is 0 Å². The molecule has 1 saturated heterocycles. The molecule has 25 heavy (non-hydrogen) atoms. The van der Waals surface area contributed by atoms with Gasteiger partial charge in [0.25, 0.3) is 0 Å². The molecule has 1 aliphatic rings. The Kier molecular flexibility index (Phi) is 4.99. The Balaban J connectivity index is 1.83. The van der Waals surface area contributed by atoms with Crippen LogP contribution in [0.1, 0.15) is 5.56 Å². The molecule has 1 aliphatic heterocycles. The van der Waals surface area contributed by atoms with Crippen LogP contribution in [0.5, 0.6) is 11.5 Å². The van der Waals surface area contributed by atoms with Crippen molar-refractivity contribution in [3.05, 3.63) is 53.8 Å². The third-order valence-electron chi connectivity index (χ3n) is 3.39. The van der Waals surface area contributed by atoms with E-state index in [1.807, 2.05) is 0 Å². The van der Waals surface area contributed by atoms with E-state index >= 15 is 0 Å². The number of phenols is 1. The predicted molar refractivity (Wildman–Crippen MR) is 96.0 cm³/mol. The van der Waals surface area contributed by atoms with Gasteiger partial charge in [0, 0.05) is 0 Å². The fourth-order valence-corrected chi connectivity index (χ4v) is 3.05. The number of carbonyl (C=O) groups excluding carboxylic acids is 1. The van der Waals surface area contributed by atoms with E-state index in [-0.39, 0.29) is 17.4 Å². The highest BCUT2D eigenvalue weighted by Crippen LogP contribution is 2.28. The van der Waals surface area contributed by atoms with Gasteiger partial charge in [-0.05, 0) is 42.0 Å². The molecule has 1 amide bonds. The molecule has 6 nitrogen and oxygen atoms in total. The van der Waals surface area contributed by atoms with Crippen LogP contribution >= 0.6 is 11.8 Å². The van der Waals surface area contributed by atoms with Gasteiger partial charge in [-0.15, -0.1) is 5.10 Å². The molecular formula is C17H14FN3O3S. The van der Waals surface area contributed by atoms with Crippen molar-refractivity contribution in [1.29, 1.82) is 0 Å². The van der Waals surface area contributed by atoms with E-state index in [1.54, 1.807) is 18.2 Å². The minimum absolute atomic E-state index is 0.0280. The molecule has 1 N–H and O–H groups in total. The fourth-order valence-electron chi connectivity index (χ4n) is 2.22. The number of halogens is 1. The zero-order valence-corrected chi connectivity index (χ0v) is 14.0. The summed E-state index contributed by atoms with van der Waals surface area (Å²) >= 11 is 1.23. The summed E-state index contributed by atoms with van der Waals surface area (Å²) in [5.74, 6) is -0.0431. The molecule has 128 valence electrons. The Morgan fingerprint density at radius 2 is 2.16 bits per heavy atom. The first-order valence-corrected chi connectivity index (χ1v) is 8.26. The van der Waals surface area contributed by atoms with E-state index in [4.69, 9.17) is 4.74 Å². The van der Waals surface area contributed by atoms with E-state index in [2.05, 4.69) is 10.2 Å². The maximum Gasteiger partial charge on any atom is 0.243 e. The van der Waals surface area contributed by atoms with Crippen molar-refractivity contribution in [1.82, 2.24) is 0 Å². The fraction of sp³-hybridized carbons (Fsp3) is 0.118. The molecule has 0 unspecified atom stereocenters. The second-order valence-electron chi connectivity index (χ2n) is 5.06. The summed E-state index contributed by atoms with van der Waals surface area (Å²) in [6.07, 6.45) is 1.47. The average Bonchev–Trinajstić information content (AvgIpc) is 2.97. The molecule has 0 aliphatic carbocycles. The van der Waals surface area contributed by atoms with Crippen molar-refractivity contribution in [2.75, 3.05) is 17.8 Å². The van der Waals surface area contributed by atoms with Gasteiger partial charge in [-0.2, -0.15) is 5.10 Å². The zero-order chi connectivity index (χ0) is 17.8. The number of carbonyl (C=O) groups is 1. The Bertz CT molecular complexity index is 870. The number of rotatable bonds is 4. The summed E-state index contributed by atoms with van der Waals surface area (Å²) in [4.78, 5) is 13.4. The number of anilines is 1. The van der Waals surface area contributed by atoms with Gasteiger partial charge < -0.3 is 9.84 Å². The van der Waals surface area contributed by atoms with Crippen LogP contribution in [0.2, 0.25) is 0 Å². The highest BCUT2D eigenvalue weighted by molar-refractivity contribution is 8.15. The average molecular weight is 359 g/mol. The monoisotopic (exact) mass is 359 g/mol. The Hall–Kier alpha value is -2.87. The summed E-state index contributed by atoms with van der Waals surface area (Å²) in [6.45, 7) is 0. The molecule has 2 aromatic rings. The quantitative estimate of drug-likeness (QED) is 0.673. The maximum absolute atomic E-state index is 13.4. The molecule has 0 saturated carbocycles. The molecule has 0 aromatic heterocycles. The van der Waals surface area contributed by atoms with Crippen molar-refractivity contribution in [2.24, 2.45) is 10.2 Å². The second-order valence-corrected chi connectivity index (χ2v) is 6.00. The topological polar surface area (TPSA) is 74.5 Å². The molecule has 0 spiro atoms. The number of hydrogen-bond acceptors (Lipinski definition) is 6. The van der Waals surface area contributed by atoms with Gasteiger partial charge in [0.1, 0.15) is 5.82 Å². The third kappa shape index (κ3) is 3.80. The van der Waals surface area contributed by atoms with Crippen LogP contribution in [-0.4, -0.2) is 35.3 Å². The lowest BCUT2D eigenvalue weighted by Gasteiger charge is -2.14. The van der Waals surface area contributed by atoms with Crippen molar-refractivity contribution in [3.8, 4) is 11.5 Å². The van der Waals surface area contributed by atoms with Crippen LogP contribution in [-0.2, 0) is 4.79 Å². The van der Waals surface area contributed by atoms with E-state index in [1.165, 1.54) is 54.3 Å². The normalized spacial score (nSPS) is 16.2. The smallest absolute Gasteiger partial charge is 0.243 e. The standard InChI is InChI=1S/C17H14FN3O3S/c1-24-15-7-11(5-6-14(15)22)9-19-20-17-21(16(23)10-25-17)13-4-2-3-12(18)8-13/h2-9,22H,10H2,1H3/b19-9+,20-17?. The summed E-state index contributed by atoms with van der Waals surface area (Å²) in [6, 6.07) is 10.5. The summed E-state index contributed by atoms with van der Waals surface area (Å²) < 4.78 is 18.4. The molecule has 1 heterocycles. The molecule has 2 aromatic carbocycles. The number of nitrogens with zero attached hydrogens (tertiary/aromatic N) is 3. The van der Waals surface area contributed by atoms with E-state index < -0.39 is 5.82 Å². The number of amidine groups is 1. The number of aromatic hydroxyl groups is 1. The van der Waals surface area contributed by atoms with Gasteiger partial charge in [-0.1, -0.05) is 17.8 Å². The van der Waals surface area contributed by atoms with Crippen LogP contribution in [0.25, 0.3) is 0 Å². The van der Waals surface area contributed by atoms with Crippen molar-refractivity contribution < 1.29 is 19.0 Å². The summed E-state index contributed by atoms with van der Waals surface area (Å²) in [5, 5.41) is 18.0. The second kappa shape index (κ2) is 7.35. The number of methoxy groups -OCH3 is 1. The summed E-state index contributed by atoms with van der Waals surface area (Å²) in [7, 11) is 1.45. The zero-order valence-electron chi connectivity index (χ0n) is 13.2. The maximum atomic E-state index is 13.4. The van der Waals surface area contributed by atoms with E-state index in [0.29, 0.717) is 22.2 Å². The first kappa shape index (κ1) is 17.0. The molecule has 0 radical (unpaired) electrons. The highest BCUT2D eigenvalue weighted by atomic mass is 32.2. The Morgan fingerprint density at radius 3 is 2.92 bits per heavy atom. The number of thioether (sulfide) groups is 1. The summed E-state index contributed by atoms with van der Waals surface area (Å²) in [5.41, 5.74) is 1.08. The van der Waals surface area contributed by atoms with Gasteiger partial charge in [0.15, 0.2) is 16.7 Å². The van der Waals surface area contributed by atoms with E-state index in [0.717, 1.165) is 0 Å². The number of ether oxygens (including phenoxy) is 1. The molecular weight excluding hydrogens is 345 g/mol. The third-order valence-corrected chi connectivity index (χ3v) is 4.30. The van der Waals surface area contributed by atoms with Crippen LogP contribution in [0.15, 0.2) is 52.7 Å². The van der Waals surface area contributed by atoms with E-state index in [9.17, 15) is 14.3 Å². The molecule has 0 bridgehead atoms. The number of amides is 1. The molecule has 0 atom stereocenters. The molecule has 3 rings (SSSR count). The minimum atomic E-state index is -0.429.